The number of halogens is 2. The van der Waals surface area contributed by atoms with Crippen molar-refractivity contribution in [1.29, 1.82) is 0 Å². The van der Waals surface area contributed by atoms with Crippen LogP contribution in [0.2, 0.25) is 8.67 Å². The Balaban J connectivity index is 1.83. The molecule has 0 saturated heterocycles. The monoisotopic (exact) mass is 324 g/mol. The highest BCUT2D eigenvalue weighted by molar-refractivity contribution is 7.11. The molecule has 98 valence electrons. The number of rotatable bonds is 5. The molecule has 4 nitrogen and oxygen atoms in total. The fraction of sp³-hybridized carbons (Fsp3) is 0.400. The van der Waals surface area contributed by atoms with Crippen molar-refractivity contribution in [3.05, 3.63) is 41.5 Å². The first-order valence-electron chi connectivity index (χ1n) is 5.29. The molecule has 0 spiro atoms. The second-order valence-electron chi connectivity index (χ2n) is 3.67. The van der Waals surface area contributed by atoms with Crippen LogP contribution in [0.4, 0.5) is 0 Å². The number of unbranched alkanes of at least 4 members (excludes halogenated alkanes) is 1. The molecule has 0 fully saturated rings. The summed E-state index contributed by atoms with van der Waals surface area (Å²) in [7, 11) is 0. The van der Waals surface area contributed by atoms with Gasteiger partial charge in [0.1, 0.15) is 8.67 Å². The van der Waals surface area contributed by atoms with Gasteiger partial charge in [-0.25, -0.2) is 0 Å². The van der Waals surface area contributed by atoms with Crippen molar-refractivity contribution in [2.24, 2.45) is 0 Å². The van der Waals surface area contributed by atoms with E-state index < -0.39 is 0 Å². The van der Waals surface area contributed by atoms with Crippen molar-refractivity contribution in [2.45, 2.75) is 25.9 Å². The van der Waals surface area contributed by atoms with E-state index in [1.165, 1.54) is 35.2 Å². The summed E-state index contributed by atoms with van der Waals surface area (Å²) in [4.78, 5) is 22.8. The van der Waals surface area contributed by atoms with E-state index in [0.717, 1.165) is 12.8 Å². The number of aryl methyl sites for hydroxylation is 2. The van der Waals surface area contributed by atoms with Crippen molar-refractivity contribution in [2.75, 3.05) is 0 Å². The van der Waals surface area contributed by atoms with Gasteiger partial charge in [-0.3, -0.25) is 17.5 Å². The minimum absolute atomic E-state index is 0.0682. The van der Waals surface area contributed by atoms with Gasteiger partial charge in [-0.05, 0) is 35.9 Å². The zero-order chi connectivity index (χ0) is 13.1. The molecule has 0 aliphatic carbocycles. The minimum Gasteiger partial charge on any atom is -0.268 e. The van der Waals surface area contributed by atoms with Gasteiger partial charge in [0.15, 0.2) is 0 Å². The first-order chi connectivity index (χ1) is 8.56. The summed E-state index contributed by atoms with van der Waals surface area (Å²) in [6.45, 7) is 1.26. The van der Waals surface area contributed by atoms with E-state index in [2.05, 4.69) is 0 Å². The average Bonchev–Trinajstić information content (AvgIpc) is 2.77. The van der Waals surface area contributed by atoms with Crippen LogP contribution in [0.25, 0.3) is 0 Å². The van der Waals surface area contributed by atoms with Gasteiger partial charge in [-0.2, -0.15) is 0 Å². The van der Waals surface area contributed by atoms with Gasteiger partial charge in [0.05, 0.1) is 0 Å². The second-order valence-corrected chi connectivity index (χ2v) is 7.06. The fourth-order valence-corrected chi connectivity index (χ4v) is 3.65. The first-order valence-corrected chi connectivity index (χ1v) is 7.60. The normalized spacial score (nSPS) is 11.0. The number of hydrogen-bond acceptors (Lipinski definition) is 4. The maximum atomic E-state index is 11.4. The van der Waals surface area contributed by atoms with Gasteiger partial charge in [-0.1, -0.05) is 23.2 Å². The molecule has 0 aromatic carbocycles. The quantitative estimate of drug-likeness (QED) is 0.794. The van der Waals surface area contributed by atoms with Crippen LogP contribution in [0, 0.1) is 0 Å². The fourth-order valence-electron chi connectivity index (χ4n) is 1.51. The molecule has 8 heteroatoms. The third-order valence-electron chi connectivity index (χ3n) is 2.33. The molecular weight excluding hydrogens is 315 g/mol. The third kappa shape index (κ3) is 3.47. The van der Waals surface area contributed by atoms with Crippen molar-refractivity contribution in [1.82, 2.24) is 7.91 Å². The third-order valence-corrected chi connectivity index (χ3v) is 4.72. The molecule has 0 bridgehead atoms. The summed E-state index contributed by atoms with van der Waals surface area (Å²) in [5, 5.41) is 0. The van der Waals surface area contributed by atoms with Crippen molar-refractivity contribution in [3.8, 4) is 0 Å². The van der Waals surface area contributed by atoms with Crippen LogP contribution >= 0.6 is 46.3 Å². The number of hydrogen-bond donors (Lipinski definition) is 0. The lowest BCUT2D eigenvalue weighted by Crippen LogP contribution is -2.14. The Bertz CT molecular complexity index is 585. The average molecular weight is 325 g/mol. The Morgan fingerprint density at radius 3 is 1.56 bits per heavy atom. The first kappa shape index (κ1) is 13.9. The minimum atomic E-state index is -0.0682. The topological polar surface area (TPSA) is 44.0 Å². The van der Waals surface area contributed by atoms with Gasteiger partial charge in [0, 0.05) is 25.2 Å². The number of aromatic nitrogens is 2. The van der Waals surface area contributed by atoms with E-state index in [-0.39, 0.29) is 11.1 Å². The summed E-state index contributed by atoms with van der Waals surface area (Å²) in [5.74, 6) is 0. The molecule has 0 amide bonds. The zero-order valence-corrected chi connectivity index (χ0v) is 12.4. The Morgan fingerprint density at radius 1 is 0.889 bits per heavy atom. The lowest BCUT2D eigenvalue weighted by atomic mass is 10.3. The molecule has 2 aromatic heterocycles. The maximum Gasteiger partial charge on any atom is 0.262 e. The van der Waals surface area contributed by atoms with E-state index in [4.69, 9.17) is 23.2 Å². The molecule has 0 atom stereocenters. The predicted molar refractivity (Wildman–Crippen MR) is 76.4 cm³/mol. The van der Waals surface area contributed by atoms with Gasteiger partial charge in [-0.15, -0.1) is 0 Å². The van der Waals surface area contributed by atoms with E-state index in [1.54, 1.807) is 7.91 Å². The van der Waals surface area contributed by atoms with Gasteiger partial charge in [0.25, 0.3) is 11.1 Å². The molecule has 18 heavy (non-hydrogen) atoms. The largest absolute Gasteiger partial charge is 0.268 e. The van der Waals surface area contributed by atoms with Crippen LogP contribution in [-0.2, 0) is 13.1 Å². The Morgan fingerprint density at radius 2 is 1.28 bits per heavy atom. The molecule has 2 rings (SSSR count). The Kier molecular flexibility index (Phi) is 4.66. The van der Waals surface area contributed by atoms with Gasteiger partial charge >= 0.3 is 0 Å². The standard InChI is InChI=1S/C10H10Cl2N2O2S2/c11-7-5-9(15)13(17-7)3-1-2-4-14-10(16)6-8(12)18-14/h5-6H,1-4H2. The van der Waals surface area contributed by atoms with E-state index in [0.29, 0.717) is 21.8 Å². The summed E-state index contributed by atoms with van der Waals surface area (Å²) in [6.07, 6.45) is 1.64. The second kappa shape index (κ2) is 6.06. The lowest BCUT2D eigenvalue weighted by Gasteiger charge is -2.01. The van der Waals surface area contributed by atoms with Gasteiger partial charge in [0.2, 0.25) is 0 Å². The van der Waals surface area contributed by atoms with Crippen LogP contribution in [0.5, 0.6) is 0 Å². The molecule has 2 aromatic rings. The van der Waals surface area contributed by atoms with Gasteiger partial charge < -0.3 is 0 Å². The molecule has 0 aliphatic heterocycles. The lowest BCUT2D eigenvalue weighted by molar-refractivity contribution is 0.578. The van der Waals surface area contributed by atoms with Crippen LogP contribution in [0.1, 0.15) is 12.8 Å². The summed E-state index contributed by atoms with van der Waals surface area (Å²) < 4.78 is 4.24. The Hall–Kier alpha value is -0.560. The smallest absolute Gasteiger partial charge is 0.262 e. The van der Waals surface area contributed by atoms with Crippen molar-refractivity contribution < 1.29 is 0 Å². The van der Waals surface area contributed by atoms with E-state index >= 15 is 0 Å². The molecule has 0 radical (unpaired) electrons. The zero-order valence-electron chi connectivity index (χ0n) is 9.27. The summed E-state index contributed by atoms with van der Waals surface area (Å²) in [5.41, 5.74) is -0.136. The van der Waals surface area contributed by atoms with Crippen LogP contribution < -0.4 is 11.1 Å². The SMILES string of the molecule is O=c1cc(Cl)sn1CCCCn1sc(Cl)cc1=O. The van der Waals surface area contributed by atoms with Crippen molar-refractivity contribution >= 4 is 46.3 Å². The van der Waals surface area contributed by atoms with Crippen LogP contribution in [0.15, 0.2) is 21.7 Å². The highest BCUT2D eigenvalue weighted by atomic mass is 35.5. The molecular formula is C10H10Cl2N2O2S2. The molecule has 0 unspecified atom stereocenters. The molecule has 0 saturated carbocycles. The molecule has 2 heterocycles. The molecule has 0 N–H and O–H groups in total. The number of nitrogens with zero attached hydrogens (tertiary/aromatic N) is 2. The summed E-state index contributed by atoms with van der Waals surface area (Å²) in [6, 6.07) is 2.82. The highest BCUT2D eigenvalue weighted by Crippen LogP contribution is 2.14. The highest BCUT2D eigenvalue weighted by Gasteiger charge is 2.04. The Labute approximate surface area is 121 Å². The predicted octanol–water partition coefficient (Wildman–Crippen LogP) is 2.92. The summed E-state index contributed by atoms with van der Waals surface area (Å²) >= 11 is 14.0. The van der Waals surface area contributed by atoms with Crippen LogP contribution in [-0.4, -0.2) is 7.91 Å². The van der Waals surface area contributed by atoms with Crippen molar-refractivity contribution in [3.63, 3.8) is 0 Å². The van der Waals surface area contributed by atoms with E-state index in [1.807, 2.05) is 0 Å². The molecule has 0 aliphatic rings. The van der Waals surface area contributed by atoms with Crippen LogP contribution in [0.3, 0.4) is 0 Å². The van der Waals surface area contributed by atoms with E-state index in [9.17, 15) is 9.59 Å². The maximum absolute atomic E-state index is 11.4.